The molecule has 12 heteroatoms. The largest absolute Gasteiger partial charge is 0.494 e. The van der Waals surface area contributed by atoms with Gasteiger partial charge in [-0.25, -0.2) is 0 Å². The van der Waals surface area contributed by atoms with E-state index in [-0.39, 0.29) is 40.7 Å². The lowest BCUT2D eigenvalue weighted by atomic mass is 9.82. The average Bonchev–Trinajstić information content (AvgIpc) is 3.61. The minimum Gasteiger partial charge on any atom is -0.494 e. The molecule has 3 aliphatic rings. The first kappa shape index (κ1) is 26.1. The summed E-state index contributed by atoms with van der Waals surface area (Å²) in [6.45, 7) is -0.429. The predicted octanol–water partition coefficient (Wildman–Crippen LogP) is 4.17. The van der Waals surface area contributed by atoms with Gasteiger partial charge in [0.1, 0.15) is 5.69 Å². The van der Waals surface area contributed by atoms with Gasteiger partial charge < -0.3 is 25.6 Å². The fraction of sp³-hybridized carbons (Fsp3) is 0.500. The van der Waals surface area contributed by atoms with Crippen LogP contribution in [0.1, 0.15) is 76.5 Å². The summed E-state index contributed by atoms with van der Waals surface area (Å²) in [5, 5.41) is 20.3. The third-order valence-electron chi connectivity index (χ3n) is 8.94. The molecule has 2 aliphatic carbocycles. The monoisotopic (exact) mass is 603 g/mol. The lowest BCUT2D eigenvalue weighted by Crippen LogP contribution is -2.37. The van der Waals surface area contributed by atoms with Gasteiger partial charge in [0.25, 0.3) is 5.91 Å². The Hall–Kier alpha value is -4.32. The highest BCUT2D eigenvalue weighted by molar-refractivity contribution is 6.00. The van der Waals surface area contributed by atoms with Crippen molar-refractivity contribution in [3.63, 3.8) is 0 Å². The summed E-state index contributed by atoms with van der Waals surface area (Å²) in [5.74, 6) is -0.746. The van der Waals surface area contributed by atoms with Gasteiger partial charge in [-0.2, -0.15) is 5.10 Å². The first-order valence-electron chi connectivity index (χ1n) is 16.8. The fourth-order valence-electron chi connectivity index (χ4n) is 6.40. The molecule has 3 N–H and O–H groups in total. The van der Waals surface area contributed by atoms with Gasteiger partial charge in [0, 0.05) is 47.6 Å². The number of aryl methyl sites for hydroxylation is 1. The number of anilines is 3. The van der Waals surface area contributed by atoms with Crippen LogP contribution in [0.3, 0.4) is 0 Å². The Morgan fingerprint density at radius 2 is 1.73 bits per heavy atom. The van der Waals surface area contributed by atoms with Crippen molar-refractivity contribution in [2.24, 2.45) is 18.9 Å². The second kappa shape index (κ2) is 12.7. The molecule has 12 nitrogen and oxygen atoms in total. The molecule has 2 saturated carbocycles. The van der Waals surface area contributed by atoms with Crippen molar-refractivity contribution in [3.05, 3.63) is 41.7 Å². The van der Waals surface area contributed by atoms with Crippen molar-refractivity contribution < 1.29 is 23.2 Å². The zero-order chi connectivity index (χ0) is 33.3. The minimum absolute atomic E-state index is 0.0414. The van der Waals surface area contributed by atoms with E-state index in [9.17, 15) is 14.4 Å². The number of aromatic nitrogens is 4. The predicted molar refractivity (Wildman–Crippen MR) is 166 cm³/mol. The van der Waals surface area contributed by atoms with Gasteiger partial charge in [-0.1, -0.05) is 6.07 Å². The summed E-state index contributed by atoms with van der Waals surface area (Å²) in [5.41, 5.74) is 1.89. The quantitative estimate of drug-likeness (QED) is 0.291. The Labute approximate surface area is 261 Å². The molecule has 2 amide bonds. The van der Waals surface area contributed by atoms with Crippen LogP contribution in [-0.4, -0.2) is 75.7 Å². The highest BCUT2D eigenvalue weighted by Gasteiger charge is 2.33. The summed E-state index contributed by atoms with van der Waals surface area (Å²) in [6, 6.07) is 9.07. The van der Waals surface area contributed by atoms with Crippen LogP contribution in [0, 0.1) is 11.8 Å². The van der Waals surface area contributed by atoms with E-state index in [1.165, 1.54) is 26.0 Å². The molecule has 0 bridgehead atoms. The first-order valence-corrected chi connectivity index (χ1v) is 15.3. The lowest BCUT2D eigenvalue weighted by Gasteiger charge is -2.33. The smallest absolute Gasteiger partial charge is 0.273 e. The fourth-order valence-corrected chi connectivity index (χ4v) is 6.40. The van der Waals surface area contributed by atoms with Crippen LogP contribution in [0.15, 0.2) is 30.3 Å². The Kier molecular flexibility index (Phi) is 7.56. The Bertz CT molecular complexity index is 1660. The van der Waals surface area contributed by atoms with Gasteiger partial charge in [-0.05, 0) is 82.7 Å². The van der Waals surface area contributed by atoms with E-state index >= 15 is 0 Å². The maximum Gasteiger partial charge on any atom is 0.273 e. The minimum atomic E-state index is -2.76. The average molecular weight is 604 g/mol. The first-order chi connectivity index (χ1) is 22.5. The highest BCUT2D eigenvalue weighted by Crippen LogP contribution is 2.39. The van der Waals surface area contributed by atoms with Crippen molar-refractivity contribution >= 4 is 34.8 Å². The number of likely N-dealkylation sites (tertiary alicyclic amines) is 1. The number of hydrogen-bond acceptors (Lipinski definition) is 9. The van der Waals surface area contributed by atoms with E-state index in [1.54, 1.807) is 29.9 Å². The van der Waals surface area contributed by atoms with E-state index in [0.29, 0.717) is 34.4 Å². The van der Waals surface area contributed by atoms with Crippen LogP contribution in [0.25, 0.3) is 11.3 Å². The number of rotatable bonds is 10. The molecular weight excluding hydrogens is 560 g/mol. The van der Waals surface area contributed by atoms with Crippen LogP contribution in [0.4, 0.5) is 17.2 Å². The summed E-state index contributed by atoms with van der Waals surface area (Å²) < 4.78 is 29.8. The van der Waals surface area contributed by atoms with Crippen molar-refractivity contribution in [1.29, 1.82) is 0 Å². The zero-order valence-electron chi connectivity index (χ0n) is 28.1. The summed E-state index contributed by atoms with van der Waals surface area (Å²) in [7, 11) is 3.25. The molecule has 3 heterocycles. The van der Waals surface area contributed by atoms with Crippen molar-refractivity contribution in [2.75, 3.05) is 37.8 Å². The topological polar surface area (TPSA) is 143 Å². The molecule has 2 aromatic heterocycles. The van der Waals surface area contributed by atoms with Gasteiger partial charge in [-0.3, -0.25) is 19.1 Å². The summed E-state index contributed by atoms with van der Waals surface area (Å²) in [6.07, 6.45) is 7.89. The van der Waals surface area contributed by atoms with Gasteiger partial charge in [0.05, 0.1) is 24.2 Å². The molecule has 232 valence electrons. The van der Waals surface area contributed by atoms with Crippen LogP contribution < -0.4 is 20.7 Å². The standard InChI is InChI=1S/C32H40N8O4/c1-33-32(43)28-25(18-27(36-37-28)35-31(42)20-9-10-20)34-23-8-6-7-22(30(23)44-3)24-17-26(39(2)38-24)29(41)19-11-13-21(14-12-19)40-15-4-5-16-40/h6-8,17-21H,4-5,9-16H2,1-3H3,(H,33,43)(H2,34,35,36,42)/i1D3. The number of Topliss-reactive ketones (excluding diaryl/α,β-unsaturated/α-hetero) is 1. The molecule has 3 aromatic rings. The van der Waals surface area contributed by atoms with E-state index in [2.05, 4.69) is 30.8 Å². The van der Waals surface area contributed by atoms with Gasteiger partial charge in [0.2, 0.25) is 5.91 Å². The van der Waals surface area contributed by atoms with Crippen molar-refractivity contribution in [1.82, 2.24) is 30.2 Å². The normalized spacial score (nSPS) is 21.5. The number of ether oxygens (including phenoxy) is 1. The van der Waals surface area contributed by atoms with Gasteiger partial charge >= 0.3 is 0 Å². The molecule has 0 radical (unpaired) electrons. The van der Waals surface area contributed by atoms with Crippen molar-refractivity contribution in [3.8, 4) is 17.0 Å². The Balaban J connectivity index is 1.25. The van der Waals surface area contributed by atoms with Crippen molar-refractivity contribution in [2.45, 2.75) is 57.4 Å². The van der Waals surface area contributed by atoms with Crippen LogP contribution in [0.5, 0.6) is 5.75 Å². The van der Waals surface area contributed by atoms with E-state index < -0.39 is 12.9 Å². The number of nitrogens with zero attached hydrogens (tertiary/aromatic N) is 5. The molecule has 0 unspecified atom stereocenters. The number of hydrogen-bond donors (Lipinski definition) is 3. The van der Waals surface area contributed by atoms with Gasteiger partial charge in [-0.15, -0.1) is 10.2 Å². The second-order valence-electron chi connectivity index (χ2n) is 11.9. The molecule has 0 spiro atoms. The number of carbonyl (C=O) groups is 3. The maximum atomic E-state index is 13.7. The molecule has 1 saturated heterocycles. The second-order valence-corrected chi connectivity index (χ2v) is 11.9. The van der Waals surface area contributed by atoms with E-state index in [1.807, 2.05) is 11.4 Å². The molecule has 1 aromatic carbocycles. The summed E-state index contributed by atoms with van der Waals surface area (Å²) in [4.78, 5) is 41.5. The third-order valence-corrected chi connectivity index (χ3v) is 8.94. The number of amides is 2. The third kappa shape index (κ3) is 6.17. The number of benzene rings is 1. The zero-order valence-corrected chi connectivity index (χ0v) is 25.1. The number of carbonyl (C=O) groups excluding carboxylic acids is 3. The SMILES string of the molecule is [2H]C([2H])([2H])NC(=O)c1nnc(NC(=O)C2CC2)cc1Nc1cccc(-c2cc(C(=O)C3CCC(N4CCCC4)CC3)n(C)n2)c1OC. The number of methoxy groups -OCH3 is 1. The van der Waals surface area contributed by atoms with Crippen LogP contribution in [-0.2, 0) is 11.8 Å². The molecule has 3 fully saturated rings. The van der Waals surface area contributed by atoms with E-state index in [4.69, 9.17) is 8.85 Å². The Morgan fingerprint density at radius 3 is 2.43 bits per heavy atom. The maximum absolute atomic E-state index is 13.7. The molecule has 0 atom stereocenters. The van der Waals surface area contributed by atoms with Crippen LogP contribution >= 0.6 is 0 Å². The molecule has 44 heavy (non-hydrogen) atoms. The van der Waals surface area contributed by atoms with Crippen LogP contribution in [0.2, 0.25) is 0 Å². The van der Waals surface area contributed by atoms with E-state index in [0.717, 1.165) is 51.6 Å². The lowest BCUT2D eigenvalue weighted by molar-refractivity contribution is -0.117. The number of ketones is 1. The molecular formula is C32H40N8O4. The molecule has 6 rings (SSSR count). The molecule has 1 aliphatic heterocycles. The highest BCUT2D eigenvalue weighted by atomic mass is 16.5. The Morgan fingerprint density at radius 1 is 0.977 bits per heavy atom. The number of nitrogens with one attached hydrogen (secondary N) is 3. The summed E-state index contributed by atoms with van der Waals surface area (Å²) >= 11 is 0. The van der Waals surface area contributed by atoms with Gasteiger partial charge in [0.15, 0.2) is 23.0 Å². The number of para-hydroxylation sites is 1.